The molecule has 0 bridgehead atoms. The second kappa shape index (κ2) is 6.02. The molecule has 4 nitrogen and oxygen atoms in total. The molecule has 2 rings (SSSR count). The van der Waals surface area contributed by atoms with Crippen LogP contribution in [0.1, 0.15) is 44.9 Å². The molecule has 0 radical (unpaired) electrons. The molecule has 2 fully saturated rings. The SMILES string of the molecule is N#CCCN(C(=O)COC1CCCC1)C1CC1. The van der Waals surface area contributed by atoms with Gasteiger partial charge in [0.25, 0.3) is 0 Å². The minimum atomic E-state index is 0.0645. The van der Waals surface area contributed by atoms with E-state index < -0.39 is 0 Å². The molecule has 0 aromatic heterocycles. The largest absolute Gasteiger partial charge is 0.368 e. The van der Waals surface area contributed by atoms with Crippen molar-refractivity contribution in [2.75, 3.05) is 13.2 Å². The van der Waals surface area contributed by atoms with Crippen LogP contribution in [0.15, 0.2) is 0 Å². The molecule has 0 aromatic rings. The van der Waals surface area contributed by atoms with Gasteiger partial charge in [-0.2, -0.15) is 5.26 Å². The molecule has 17 heavy (non-hydrogen) atoms. The molecular formula is C13H20N2O2. The number of nitriles is 1. The monoisotopic (exact) mass is 236 g/mol. The molecule has 94 valence electrons. The summed E-state index contributed by atoms with van der Waals surface area (Å²) in [5.74, 6) is 0.0645. The number of amides is 1. The van der Waals surface area contributed by atoms with Crippen molar-refractivity contribution in [1.29, 1.82) is 5.26 Å². The molecule has 0 aromatic carbocycles. The van der Waals surface area contributed by atoms with Crippen LogP contribution in [-0.4, -0.2) is 36.1 Å². The van der Waals surface area contributed by atoms with Crippen molar-refractivity contribution >= 4 is 5.91 Å². The van der Waals surface area contributed by atoms with Gasteiger partial charge in [0.1, 0.15) is 6.61 Å². The lowest BCUT2D eigenvalue weighted by Crippen LogP contribution is -2.37. The van der Waals surface area contributed by atoms with Crippen LogP contribution < -0.4 is 0 Å². The quantitative estimate of drug-likeness (QED) is 0.707. The molecule has 2 saturated carbocycles. The van der Waals surface area contributed by atoms with Gasteiger partial charge in [-0.15, -0.1) is 0 Å². The van der Waals surface area contributed by atoms with E-state index in [1.165, 1.54) is 12.8 Å². The molecular weight excluding hydrogens is 216 g/mol. The summed E-state index contributed by atoms with van der Waals surface area (Å²) in [4.78, 5) is 13.8. The van der Waals surface area contributed by atoms with E-state index in [2.05, 4.69) is 6.07 Å². The van der Waals surface area contributed by atoms with Crippen molar-refractivity contribution in [2.45, 2.75) is 57.1 Å². The predicted octanol–water partition coefficient (Wildman–Crippen LogP) is 1.85. The van der Waals surface area contributed by atoms with Gasteiger partial charge in [0.2, 0.25) is 5.91 Å². The highest BCUT2D eigenvalue weighted by Crippen LogP contribution is 2.27. The van der Waals surface area contributed by atoms with E-state index in [1.807, 2.05) is 4.90 Å². The Morgan fingerprint density at radius 2 is 2.00 bits per heavy atom. The van der Waals surface area contributed by atoms with Crippen molar-refractivity contribution in [3.8, 4) is 6.07 Å². The normalized spacial score (nSPS) is 20.2. The van der Waals surface area contributed by atoms with Crippen molar-refractivity contribution in [1.82, 2.24) is 4.90 Å². The fourth-order valence-corrected chi connectivity index (χ4v) is 2.39. The second-order valence-electron chi connectivity index (χ2n) is 4.94. The molecule has 1 amide bonds. The van der Waals surface area contributed by atoms with Crippen molar-refractivity contribution in [2.24, 2.45) is 0 Å². The number of carbonyl (C=O) groups is 1. The van der Waals surface area contributed by atoms with Crippen molar-refractivity contribution < 1.29 is 9.53 Å². The van der Waals surface area contributed by atoms with Crippen LogP contribution >= 0.6 is 0 Å². The average Bonchev–Trinajstić information content (AvgIpc) is 3.03. The van der Waals surface area contributed by atoms with Crippen LogP contribution in [-0.2, 0) is 9.53 Å². The van der Waals surface area contributed by atoms with Gasteiger partial charge in [-0.1, -0.05) is 12.8 Å². The minimum Gasteiger partial charge on any atom is -0.368 e. The smallest absolute Gasteiger partial charge is 0.248 e. The zero-order valence-corrected chi connectivity index (χ0v) is 10.2. The second-order valence-corrected chi connectivity index (χ2v) is 4.94. The van der Waals surface area contributed by atoms with Crippen LogP contribution in [0.5, 0.6) is 0 Å². The lowest BCUT2D eigenvalue weighted by atomic mass is 10.3. The van der Waals surface area contributed by atoms with E-state index in [-0.39, 0.29) is 18.6 Å². The maximum atomic E-state index is 12.0. The lowest BCUT2D eigenvalue weighted by Gasteiger charge is -2.22. The Bertz CT molecular complexity index is 301. The van der Waals surface area contributed by atoms with Crippen LogP contribution in [0.4, 0.5) is 0 Å². The lowest BCUT2D eigenvalue weighted by molar-refractivity contribution is -0.138. The van der Waals surface area contributed by atoms with E-state index >= 15 is 0 Å². The Morgan fingerprint density at radius 1 is 1.29 bits per heavy atom. The van der Waals surface area contributed by atoms with Gasteiger partial charge in [0.15, 0.2) is 0 Å². The summed E-state index contributed by atoms with van der Waals surface area (Å²) >= 11 is 0. The Balaban J connectivity index is 1.73. The highest BCUT2D eigenvalue weighted by atomic mass is 16.5. The van der Waals surface area contributed by atoms with Crippen molar-refractivity contribution in [3.05, 3.63) is 0 Å². The van der Waals surface area contributed by atoms with Gasteiger partial charge in [-0.25, -0.2) is 0 Å². The summed E-state index contributed by atoms with van der Waals surface area (Å²) in [5, 5.41) is 8.58. The van der Waals surface area contributed by atoms with Crippen LogP contribution in [0.2, 0.25) is 0 Å². The molecule has 0 spiro atoms. The summed E-state index contributed by atoms with van der Waals surface area (Å²) in [6.45, 7) is 0.765. The van der Waals surface area contributed by atoms with Gasteiger partial charge in [-0.3, -0.25) is 4.79 Å². The molecule has 0 heterocycles. The predicted molar refractivity (Wildman–Crippen MR) is 63.2 cm³/mol. The Labute approximate surface area is 103 Å². The van der Waals surface area contributed by atoms with E-state index in [0.29, 0.717) is 19.0 Å². The molecule has 4 heteroatoms. The highest BCUT2D eigenvalue weighted by Gasteiger charge is 2.32. The standard InChI is InChI=1S/C13H20N2O2/c14-8-3-9-15(11-6-7-11)13(16)10-17-12-4-1-2-5-12/h11-12H,1-7,9-10H2. The Hall–Kier alpha value is -1.08. The maximum absolute atomic E-state index is 12.0. The first-order valence-corrected chi connectivity index (χ1v) is 6.59. The van der Waals surface area contributed by atoms with Gasteiger partial charge in [0, 0.05) is 12.6 Å². The first-order valence-electron chi connectivity index (χ1n) is 6.59. The molecule has 0 aliphatic heterocycles. The number of hydrogen-bond donors (Lipinski definition) is 0. The number of carbonyl (C=O) groups excluding carboxylic acids is 1. The van der Waals surface area contributed by atoms with Crippen molar-refractivity contribution in [3.63, 3.8) is 0 Å². The molecule has 0 saturated heterocycles. The van der Waals surface area contributed by atoms with E-state index in [1.54, 1.807) is 0 Å². The number of hydrogen-bond acceptors (Lipinski definition) is 3. The topological polar surface area (TPSA) is 53.3 Å². The van der Waals surface area contributed by atoms with E-state index in [0.717, 1.165) is 25.7 Å². The summed E-state index contributed by atoms with van der Waals surface area (Å²) < 4.78 is 5.63. The highest BCUT2D eigenvalue weighted by molar-refractivity contribution is 5.78. The third-order valence-electron chi connectivity index (χ3n) is 3.52. The van der Waals surface area contributed by atoms with E-state index in [4.69, 9.17) is 10.00 Å². The Kier molecular flexibility index (Phi) is 4.38. The summed E-state index contributed by atoms with van der Waals surface area (Å²) in [6.07, 6.45) is 7.51. The van der Waals surface area contributed by atoms with Gasteiger partial charge < -0.3 is 9.64 Å². The first kappa shape index (κ1) is 12.4. The fraction of sp³-hybridized carbons (Fsp3) is 0.846. The minimum absolute atomic E-state index is 0.0645. The molecule has 0 atom stereocenters. The molecule has 2 aliphatic carbocycles. The van der Waals surface area contributed by atoms with Gasteiger partial charge in [-0.05, 0) is 25.7 Å². The Morgan fingerprint density at radius 3 is 2.59 bits per heavy atom. The number of ether oxygens (including phenoxy) is 1. The number of nitrogens with zero attached hydrogens (tertiary/aromatic N) is 2. The first-order chi connectivity index (χ1) is 8.31. The van der Waals surface area contributed by atoms with Crippen LogP contribution in [0, 0.1) is 11.3 Å². The van der Waals surface area contributed by atoms with E-state index in [9.17, 15) is 4.79 Å². The van der Waals surface area contributed by atoms with Crippen LogP contribution in [0.3, 0.4) is 0 Å². The molecule has 0 unspecified atom stereocenters. The fourth-order valence-electron chi connectivity index (χ4n) is 2.39. The van der Waals surface area contributed by atoms with Gasteiger partial charge >= 0.3 is 0 Å². The third-order valence-corrected chi connectivity index (χ3v) is 3.52. The summed E-state index contributed by atoms with van der Waals surface area (Å²) in [5.41, 5.74) is 0. The maximum Gasteiger partial charge on any atom is 0.248 e. The zero-order chi connectivity index (χ0) is 12.1. The number of rotatable bonds is 6. The third kappa shape index (κ3) is 3.71. The summed E-state index contributed by atoms with van der Waals surface area (Å²) in [6, 6.07) is 2.48. The molecule has 0 N–H and O–H groups in total. The molecule has 2 aliphatic rings. The average molecular weight is 236 g/mol. The summed E-state index contributed by atoms with van der Waals surface area (Å²) in [7, 11) is 0. The zero-order valence-electron chi connectivity index (χ0n) is 10.2. The van der Waals surface area contributed by atoms with Gasteiger partial charge in [0.05, 0.1) is 18.6 Å². The van der Waals surface area contributed by atoms with Crippen LogP contribution in [0.25, 0.3) is 0 Å².